The van der Waals surface area contributed by atoms with Crippen LogP contribution >= 0.6 is 0 Å². The number of ether oxygens (including phenoxy) is 1. The minimum Gasteiger partial charge on any atom is -0.507 e. The molecule has 0 saturated carbocycles. The molecule has 1 fully saturated rings. The van der Waals surface area contributed by atoms with Gasteiger partial charge >= 0.3 is 0 Å². The van der Waals surface area contributed by atoms with Crippen LogP contribution in [0.5, 0.6) is 5.75 Å². The van der Waals surface area contributed by atoms with Crippen molar-refractivity contribution in [1.82, 2.24) is 0 Å². The number of aliphatic hydroxyl groups excluding tert-OH is 1. The standard InChI is InChI=1S/C28H24N2O4/c1-3-15-34-22-9-6-8-20(16-22)26(31)24-25(23-10-5-4-7-18(23)2)30(28(33)27(24)32)21-13-11-19(17-29)12-14-21/h4-14,16,25,31H,3,15H2,1-2H3/b26-24+. The molecule has 1 aliphatic rings. The molecule has 1 heterocycles. The van der Waals surface area contributed by atoms with Crippen LogP contribution in [0.25, 0.3) is 5.76 Å². The van der Waals surface area contributed by atoms with Gasteiger partial charge in [-0.3, -0.25) is 14.5 Å². The van der Waals surface area contributed by atoms with Gasteiger partial charge in [-0.25, -0.2) is 0 Å². The minimum atomic E-state index is -0.825. The van der Waals surface area contributed by atoms with Gasteiger partial charge in [-0.2, -0.15) is 5.26 Å². The van der Waals surface area contributed by atoms with Crippen LogP contribution in [0.1, 0.15) is 41.6 Å². The molecule has 1 amide bonds. The van der Waals surface area contributed by atoms with Crippen molar-refractivity contribution in [2.24, 2.45) is 0 Å². The Kier molecular flexibility index (Phi) is 6.46. The predicted molar refractivity (Wildman–Crippen MR) is 129 cm³/mol. The Balaban J connectivity index is 1.90. The third-order valence-electron chi connectivity index (χ3n) is 5.78. The average molecular weight is 453 g/mol. The molecule has 170 valence electrons. The molecule has 0 spiro atoms. The van der Waals surface area contributed by atoms with Crippen LogP contribution in [0.2, 0.25) is 0 Å². The number of carbonyl (C=O) groups is 2. The summed E-state index contributed by atoms with van der Waals surface area (Å²) in [5, 5.41) is 20.4. The number of aliphatic hydroxyl groups is 1. The lowest BCUT2D eigenvalue weighted by Crippen LogP contribution is -2.29. The number of amides is 1. The van der Waals surface area contributed by atoms with Gasteiger partial charge in [0.25, 0.3) is 11.7 Å². The van der Waals surface area contributed by atoms with E-state index in [0.29, 0.717) is 29.2 Å². The monoisotopic (exact) mass is 452 g/mol. The lowest BCUT2D eigenvalue weighted by Gasteiger charge is -2.26. The van der Waals surface area contributed by atoms with Crippen molar-refractivity contribution in [3.63, 3.8) is 0 Å². The van der Waals surface area contributed by atoms with Gasteiger partial charge in [0.15, 0.2) is 0 Å². The summed E-state index contributed by atoms with van der Waals surface area (Å²) >= 11 is 0. The lowest BCUT2D eigenvalue weighted by molar-refractivity contribution is -0.132. The number of hydrogen-bond acceptors (Lipinski definition) is 5. The van der Waals surface area contributed by atoms with Crippen LogP contribution in [0.15, 0.2) is 78.4 Å². The summed E-state index contributed by atoms with van der Waals surface area (Å²) in [5.41, 5.74) is 2.91. The number of hydrogen-bond donors (Lipinski definition) is 1. The molecule has 0 bridgehead atoms. The highest BCUT2D eigenvalue weighted by Crippen LogP contribution is 2.43. The zero-order valence-electron chi connectivity index (χ0n) is 19.0. The summed E-state index contributed by atoms with van der Waals surface area (Å²) in [4.78, 5) is 27.9. The molecule has 1 atom stereocenters. The zero-order chi connectivity index (χ0) is 24.2. The smallest absolute Gasteiger partial charge is 0.300 e. The Morgan fingerprint density at radius 1 is 1.06 bits per heavy atom. The maximum absolute atomic E-state index is 13.3. The molecule has 1 unspecified atom stereocenters. The largest absolute Gasteiger partial charge is 0.507 e. The molecular weight excluding hydrogens is 428 g/mol. The van der Waals surface area contributed by atoms with Crippen LogP contribution in [0.4, 0.5) is 5.69 Å². The van der Waals surface area contributed by atoms with E-state index in [1.165, 1.54) is 4.90 Å². The second kappa shape index (κ2) is 9.63. The number of aryl methyl sites for hydroxylation is 1. The van der Waals surface area contributed by atoms with Gasteiger partial charge in [-0.15, -0.1) is 0 Å². The summed E-state index contributed by atoms with van der Waals surface area (Å²) in [5.74, 6) is -1.20. The van der Waals surface area contributed by atoms with E-state index >= 15 is 0 Å². The molecule has 0 aromatic heterocycles. The van der Waals surface area contributed by atoms with E-state index < -0.39 is 17.7 Å². The van der Waals surface area contributed by atoms with Crippen molar-refractivity contribution in [1.29, 1.82) is 5.26 Å². The first-order valence-corrected chi connectivity index (χ1v) is 11.1. The Labute approximate surface area is 198 Å². The third-order valence-corrected chi connectivity index (χ3v) is 5.78. The first-order chi connectivity index (χ1) is 16.5. The molecule has 4 rings (SSSR count). The Morgan fingerprint density at radius 3 is 2.47 bits per heavy atom. The van der Waals surface area contributed by atoms with E-state index in [2.05, 4.69) is 6.07 Å². The number of ketones is 1. The molecule has 1 aliphatic heterocycles. The highest BCUT2D eigenvalue weighted by molar-refractivity contribution is 6.51. The van der Waals surface area contributed by atoms with Crippen LogP contribution in [0.3, 0.4) is 0 Å². The first-order valence-electron chi connectivity index (χ1n) is 11.1. The number of rotatable bonds is 6. The number of Topliss-reactive ketones (excluding diaryl/α,β-unsaturated/α-hetero) is 1. The number of nitriles is 1. The lowest BCUT2D eigenvalue weighted by atomic mass is 9.92. The van der Waals surface area contributed by atoms with E-state index in [0.717, 1.165) is 17.5 Å². The fraction of sp³-hybridized carbons (Fsp3) is 0.179. The quantitative estimate of drug-likeness (QED) is 0.312. The highest BCUT2D eigenvalue weighted by Gasteiger charge is 2.47. The highest BCUT2D eigenvalue weighted by atomic mass is 16.5. The Hall–Kier alpha value is -4.37. The molecule has 1 N–H and O–H groups in total. The number of nitrogens with zero attached hydrogens (tertiary/aromatic N) is 2. The molecule has 0 radical (unpaired) electrons. The van der Waals surface area contributed by atoms with E-state index in [9.17, 15) is 14.7 Å². The molecule has 0 aliphatic carbocycles. The van der Waals surface area contributed by atoms with E-state index in [1.54, 1.807) is 48.5 Å². The van der Waals surface area contributed by atoms with Gasteiger partial charge in [0, 0.05) is 11.3 Å². The maximum atomic E-state index is 13.3. The first kappa shape index (κ1) is 22.8. The number of benzene rings is 3. The normalized spacial score (nSPS) is 17.0. The van der Waals surface area contributed by atoms with Gasteiger partial charge in [-0.05, 0) is 60.9 Å². The second-order valence-electron chi connectivity index (χ2n) is 8.06. The molecule has 3 aromatic rings. The SMILES string of the molecule is CCCOc1cccc(/C(O)=C2\C(=O)C(=O)N(c3ccc(C#N)cc3)C2c2ccccc2C)c1. The summed E-state index contributed by atoms with van der Waals surface area (Å²) in [6.45, 7) is 4.42. The summed E-state index contributed by atoms with van der Waals surface area (Å²) in [7, 11) is 0. The Morgan fingerprint density at radius 2 is 1.79 bits per heavy atom. The van der Waals surface area contributed by atoms with Crippen molar-refractivity contribution < 1.29 is 19.4 Å². The van der Waals surface area contributed by atoms with Crippen molar-refractivity contribution in [3.05, 3.63) is 101 Å². The van der Waals surface area contributed by atoms with Crippen molar-refractivity contribution in [2.45, 2.75) is 26.3 Å². The fourth-order valence-corrected chi connectivity index (χ4v) is 4.09. The Bertz CT molecular complexity index is 1320. The van der Waals surface area contributed by atoms with Gasteiger partial charge in [0.1, 0.15) is 11.5 Å². The van der Waals surface area contributed by atoms with Crippen molar-refractivity contribution in [2.75, 3.05) is 11.5 Å². The number of carbonyl (C=O) groups excluding carboxylic acids is 2. The topological polar surface area (TPSA) is 90.6 Å². The minimum absolute atomic E-state index is 0.0105. The molecular formula is C28H24N2O4. The van der Waals surface area contributed by atoms with Crippen molar-refractivity contribution >= 4 is 23.1 Å². The third kappa shape index (κ3) is 4.16. The summed E-state index contributed by atoms with van der Waals surface area (Å²) in [6, 6.07) is 22.0. The van der Waals surface area contributed by atoms with E-state index in [4.69, 9.17) is 10.00 Å². The van der Waals surface area contributed by atoms with Crippen LogP contribution < -0.4 is 9.64 Å². The van der Waals surface area contributed by atoms with Gasteiger partial charge in [0.05, 0.1) is 29.9 Å². The molecule has 34 heavy (non-hydrogen) atoms. The average Bonchev–Trinajstić information content (AvgIpc) is 3.13. The zero-order valence-corrected chi connectivity index (χ0v) is 19.0. The molecule has 6 nitrogen and oxygen atoms in total. The fourth-order valence-electron chi connectivity index (χ4n) is 4.09. The van der Waals surface area contributed by atoms with E-state index in [1.807, 2.05) is 38.1 Å². The van der Waals surface area contributed by atoms with E-state index in [-0.39, 0.29) is 11.3 Å². The van der Waals surface area contributed by atoms with Gasteiger partial charge in [-0.1, -0.05) is 43.3 Å². The van der Waals surface area contributed by atoms with Crippen LogP contribution in [0, 0.1) is 18.3 Å². The molecule has 3 aromatic carbocycles. The van der Waals surface area contributed by atoms with Crippen molar-refractivity contribution in [3.8, 4) is 11.8 Å². The maximum Gasteiger partial charge on any atom is 0.300 e. The summed E-state index contributed by atoms with van der Waals surface area (Å²) in [6.07, 6.45) is 0.833. The predicted octanol–water partition coefficient (Wildman–Crippen LogP) is 5.28. The van der Waals surface area contributed by atoms with Gasteiger partial charge in [0.2, 0.25) is 0 Å². The number of anilines is 1. The second-order valence-corrected chi connectivity index (χ2v) is 8.06. The molecule has 1 saturated heterocycles. The molecule has 6 heteroatoms. The summed E-state index contributed by atoms with van der Waals surface area (Å²) < 4.78 is 5.68. The van der Waals surface area contributed by atoms with Crippen LogP contribution in [-0.2, 0) is 9.59 Å². The van der Waals surface area contributed by atoms with Crippen LogP contribution in [-0.4, -0.2) is 23.4 Å². The van der Waals surface area contributed by atoms with Gasteiger partial charge < -0.3 is 9.84 Å².